The third-order valence-electron chi connectivity index (χ3n) is 3.50. The van der Waals surface area contributed by atoms with Gasteiger partial charge in [0.05, 0.1) is 24.2 Å². The number of ether oxygens (including phenoxy) is 1. The summed E-state index contributed by atoms with van der Waals surface area (Å²) in [5.74, 6) is -0.814. The van der Waals surface area contributed by atoms with Crippen molar-refractivity contribution < 1.29 is 14.3 Å². The summed E-state index contributed by atoms with van der Waals surface area (Å²) in [6.07, 6.45) is 1.21. The number of carbonyl (C=O) groups is 2. The number of amidine groups is 1. The molecule has 0 spiro atoms. The van der Waals surface area contributed by atoms with Gasteiger partial charge in [-0.15, -0.1) is 0 Å². The van der Waals surface area contributed by atoms with Crippen LogP contribution in [0.2, 0.25) is 0 Å². The maximum Gasteiger partial charge on any atom is 0.331 e. The molecule has 5 nitrogen and oxygen atoms in total. The van der Waals surface area contributed by atoms with Crippen LogP contribution in [0.4, 0.5) is 5.69 Å². The molecule has 0 unspecified atom stereocenters. The summed E-state index contributed by atoms with van der Waals surface area (Å²) in [6.45, 7) is 0.386. The number of para-hydroxylation sites is 1. The van der Waals surface area contributed by atoms with Gasteiger partial charge >= 0.3 is 5.97 Å². The number of thioether (sulfide) groups is 1. The average Bonchev–Trinajstić information content (AvgIpc) is 2.92. The fourth-order valence-electron chi connectivity index (χ4n) is 2.28. The zero-order valence-corrected chi connectivity index (χ0v) is 14.4. The molecule has 1 amide bonds. The molecule has 0 saturated carbocycles. The average molecular weight is 352 g/mol. The number of nitrogens with zero attached hydrogens (tertiary/aromatic N) is 2. The monoisotopic (exact) mass is 352 g/mol. The first-order valence-corrected chi connectivity index (χ1v) is 8.46. The number of hydrogen-bond acceptors (Lipinski definition) is 5. The van der Waals surface area contributed by atoms with E-state index in [1.54, 1.807) is 4.90 Å². The fraction of sp³-hybridized carbons (Fsp3) is 0.105. The highest BCUT2D eigenvalue weighted by atomic mass is 32.2. The molecule has 0 N–H and O–H groups in total. The summed E-state index contributed by atoms with van der Waals surface area (Å²) < 4.78 is 4.63. The Morgan fingerprint density at radius 2 is 1.76 bits per heavy atom. The van der Waals surface area contributed by atoms with Crippen molar-refractivity contribution in [2.45, 2.75) is 6.54 Å². The Morgan fingerprint density at radius 1 is 1.12 bits per heavy atom. The number of aliphatic imine (C=N–C) groups is 1. The largest absolute Gasteiger partial charge is 0.466 e. The molecule has 1 heterocycles. The van der Waals surface area contributed by atoms with E-state index in [0.29, 0.717) is 16.6 Å². The topological polar surface area (TPSA) is 59.0 Å². The van der Waals surface area contributed by atoms with E-state index in [-0.39, 0.29) is 5.91 Å². The lowest BCUT2D eigenvalue weighted by molar-refractivity contribution is -0.135. The molecule has 1 aliphatic heterocycles. The molecular weight excluding hydrogens is 336 g/mol. The Kier molecular flexibility index (Phi) is 5.30. The third kappa shape index (κ3) is 4.16. The lowest BCUT2D eigenvalue weighted by Gasteiger charge is -2.15. The van der Waals surface area contributed by atoms with Gasteiger partial charge in [-0.05, 0) is 29.5 Å². The van der Waals surface area contributed by atoms with E-state index in [2.05, 4.69) is 9.73 Å². The zero-order chi connectivity index (χ0) is 17.6. The van der Waals surface area contributed by atoms with Gasteiger partial charge in [-0.3, -0.25) is 9.69 Å². The number of hydrogen-bond donors (Lipinski definition) is 0. The van der Waals surface area contributed by atoms with Crippen LogP contribution >= 0.6 is 11.8 Å². The minimum absolute atomic E-state index is 0.256. The molecule has 126 valence electrons. The molecule has 0 bridgehead atoms. The van der Waals surface area contributed by atoms with Crippen LogP contribution in [0.1, 0.15) is 5.56 Å². The van der Waals surface area contributed by atoms with E-state index >= 15 is 0 Å². The second kappa shape index (κ2) is 7.81. The smallest absolute Gasteiger partial charge is 0.331 e. The van der Waals surface area contributed by atoms with Gasteiger partial charge in [0.1, 0.15) is 0 Å². The van der Waals surface area contributed by atoms with Crippen molar-refractivity contribution in [2.24, 2.45) is 4.99 Å². The van der Waals surface area contributed by atoms with Crippen molar-refractivity contribution in [1.29, 1.82) is 0 Å². The maximum absolute atomic E-state index is 12.7. The first kappa shape index (κ1) is 17.0. The van der Waals surface area contributed by atoms with Crippen LogP contribution in [-0.2, 0) is 20.9 Å². The molecule has 0 radical (unpaired) electrons. The number of benzene rings is 2. The lowest BCUT2D eigenvalue weighted by atomic mass is 10.2. The van der Waals surface area contributed by atoms with Gasteiger partial charge in [0, 0.05) is 6.08 Å². The Hall–Kier alpha value is -2.86. The summed E-state index contributed by atoms with van der Waals surface area (Å²) in [5.41, 5.74) is 1.73. The molecule has 0 atom stereocenters. The molecule has 1 fully saturated rings. The van der Waals surface area contributed by atoms with E-state index in [1.807, 2.05) is 60.7 Å². The predicted molar refractivity (Wildman–Crippen MR) is 98.2 cm³/mol. The van der Waals surface area contributed by atoms with Crippen molar-refractivity contribution in [3.05, 3.63) is 77.2 Å². The van der Waals surface area contributed by atoms with Gasteiger partial charge < -0.3 is 4.74 Å². The van der Waals surface area contributed by atoms with E-state index < -0.39 is 5.97 Å². The van der Waals surface area contributed by atoms with Crippen molar-refractivity contribution in [2.75, 3.05) is 7.11 Å². The van der Waals surface area contributed by atoms with Crippen LogP contribution in [0.5, 0.6) is 0 Å². The Bertz CT molecular complexity index is 832. The van der Waals surface area contributed by atoms with Crippen molar-refractivity contribution in [1.82, 2.24) is 4.90 Å². The van der Waals surface area contributed by atoms with Crippen LogP contribution in [0.15, 0.2) is 76.6 Å². The summed E-state index contributed by atoms with van der Waals surface area (Å²) in [4.78, 5) is 30.7. The van der Waals surface area contributed by atoms with Crippen molar-refractivity contribution in [3.8, 4) is 0 Å². The molecule has 25 heavy (non-hydrogen) atoms. The van der Waals surface area contributed by atoms with E-state index in [4.69, 9.17) is 0 Å². The highest BCUT2D eigenvalue weighted by molar-refractivity contribution is 8.18. The number of rotatable bonds is 4. The number of esters is 1. The van der Waals surface area contributed by atoms with Crippen molar-refractivity contribution >= 4 is 34.5 Å². The molecule has 6 heteroatoms. The molecule has 1 saturated heterocycles. The minimum Gasteiger partial charge on any atom is -0.466 e. The Labute approximate surface area is 150 Å². The highest BCUT2D eigenvalue weighted by Crippen LogP contribution is 2.33. The van der Waals surface area contributed by atoms with E-state index in [9.17, 15) is 9.59 Å². The second-order valence-electron chi connectivity index (χ2n) is 5.24. The third-order valence-corrected chi connectivity index (χ3v) is 4.51. The summed E-state index contributed by atoms with van der Waals surface area (Å²) in [6, 6.07) is 19.0. The van der Waals surface area contributed by atoms with Gasteiger partial charge in [-0.1, -0.05) is 48.5 Å². The van der Waals surface area contributed by atoms with Gasteiger partial charge in [0.15, 0.2) is 5.17 Å². The molecule has 0 aromatic heterocycles. The van der Waals surface area contributed by atoms with Gasteiger partial charge in [-0.25, -0.2) is 9.79 Å². The molecule has 0 aliphatic carbocycles. The van der Waals surface area contributed by atoms with E-state index in [1.165, 1.54) is 24.9 Å². The van der Waals surface area contributed by atoms with Gasteiger partial charge in [0.2, 0.25) is 0 Å². The van der Waals surface area contributed by atoms with Crippen LogP contribution in [0.3, 0.4) is 0 Å². The SMILES string of the molecule is COC(=O)/C=C1\SC(=Nc2ccccc2)N(Cc2ccccc2)C1=O. The first-order chi connectivity index (χ1) is 12.2. The van der Waals surface area contributed by atoms with E-state index in [0.717, 1.165) is 11.3 Å². The first-order valence-electron chi connectivity index (χ1n) is 7.64. The summed E-state index contributed by atoms with van der Waals surface area (Å²) in [5, 5.41) is 0.537. The lowest BCUT2D eigenvalue weighted by Crippen LogP contribution is -2.28. The number of carbonyl (C=O) groups excluding carboxylic acids is 2. The normalized spacial score (nSPS) is 17.3. The molecule has 3 rings (SSSR count). The maximum atomic E-state index is 12.7. The predicted octanol–water partition coefficient (Wildman–Crippen LogP) is 3.51. The van der Waals surface area contributed by atoms with Crippen LogP contribution in [0, 0.1) is 0 Å². The standard InChI is InChI=1S/C19H16N2O3S/c1-24-17(22)12-16-18(23)21(13-14-8-4-2-5-9-14)19(25-16)20-15-10-6-3-7-11-15/h2-12H,13H2,1H3/b16-12-,20-19?. The number of methoxy groups -OCH3 is 1. The summed E-state index contributed by atoms with van der Waals surface area (Å²) in [7, 11) is 1.28. The summed E-state index contributed by atoms with van der Waals surface area (Å²) >= 11 is 1.17. The van der Waals surface area contributed by atoms with Crippen LogP contribution in [-0.4, -0.2) is 29.1 Å². The molecular formula is C19H16N2O3S. The second-order valence-corrected chi connectivity index (χ2v) is 6.25. The molecule has 2 aromatic rings. The zero-order valence-electron chi connectivity index (χ0n) is 13.6. The minimum atomic E-state index is -0.559. The fourth-order valence-corrected chi connectivity index (χ4v) is 3.23. The molecule has 1 aliphatic rings. The van der Waals surface area contributed by atoms with Crippen LogP contribution in [0.25, 0.3) is 0 Å². The van der Waals surface area contributed by atoms with Crippen molar-refractivity contribution in [3.63, 3.8) is 0 Å². The highest BCUT2D eigenvalue weighted by Gasteiger charge is 2.34. The quantitative estimate of drug-likeness (QED) is 0.624. The number of amides is 1. The van der Waals surface area contributed by atoms with Crippen LogP contribution < -0.4 is 0 Å². The van der Waals surface area contributed by atoms with Gasteiger partial charge in [0.25, 0.3) is 5.91 Å². The molecule has 2 aromatic carbocycles. The van der Waals surface area contributed by atoms with Gasteiger partial charge in [-0.2, -0.15) is 0 Å². The Balaban J connectivity index is 1.94. The Morgan fingerprint density at radius 3 is 2.40 bits per heavy atom.